The van der Waals surface area contributed by atoms with E-state index in [0.717, 1.165) is 12.8 Å². The van der Waals surface area contributed by atoms with E-state index in [1.165, 1.54) is 0 Å². The quantitative estimate of drug-likeness (QED) is 0.531. The van der Waals surface area contributed by atoms with Crippen LogP contribution in [-0.2, 0) is 0 Å². The first-order valence-electron chi connectivity index (χ1n) is 2.92. The zero-order valence-corrected chi connectivity index (χ0v) is 5.57. The smallest absolute Gasteiger partial charge is 0.0103 e. The lowest BCUT2D eigenvalue weighted by molar-refractivity contribution is 0.683. The number of nitrogens with two attached hydrogens (primary N) is 1. The summed E-state index contributed by atoms with van der Waals surface area (Å²) in [7, 11) is 0. The van der Waals surface area contributed by atoms with Crippen molar-refractivity contribution in [2.75, 3.05) is 0 Å². The highest BCUT2D eigenvalue weighted by Gasteiger charge is 1.87. The molecule has 0 spiro atoms. The van der Waals surface area contributed by atoms with E-state index in [0.29, 0.717) is 6.04 Å². The van der Waals surface area contributed by atoms with Gasteiger partial charge in [-0.2, -0.15) is 0 Å². The van der Waals surface area contributed by atoms with Crippen LogP contribution in [0.5, 0.6) is 0 Å². The van der Waals surface area contributed by atoms with Crippen molar-refractivity contribution in [1.82, 2.24) is 0 Å². The SMILES string of the molecule is CC#CCCC(C)N. The van der Waals surface area contributed by atoms with Gasteiger partial charge in [-0.15, -0.1) is 11.8 Å². The first-order valence-corrected chi connectivity index (χ1v) is 2.92. The molecule has 0 aliphatic carbocycles. The molecule has 46 valence electrons. The van der Waals surface area contributed by atoms with E-state index in [-0.39, 0.29) is 0 Å². The Bertz CT molecular complexity index is 94.7. The Kier molecular flexibility index (Phi) is 4.39. The Morgan fingerprint density at radius 1 is 1.62 bits per heavy atom. The van der Waals surface area contributed by atoms with Gasteiger partial charge in [-0.1, -0.05) is 0 Å². The van der Waals surface area contributed by atoms with E-state index < -0.39 is 0 Å². The fourth-order valence-corrected chi connectivity index (χ4v) is 0.425. The maximum Gasteiger partial charge on any atom is 0.0103 e. The van der Waals surface area contributed by atoms with Crippen LogP contribution in [0, 0.1) is 11.8 Å². The fourth-order valence-electron chi connectivity index (χ4n) is 0.425. The summed E-state index contributed by atoms with van der Waals surface area (Å²) in [5.41, 5.74) is 5.47. The molecule has 0 aliphatic rings. The Labute approximate surface area is 51.3 Å². The van der Waals surface area contributed by atoms with Gasteiger partial charge in [0.05, 0.1) is 0 Å². The first kappa shape index (κ1) is 7.52. The highest BCUT2D eigenvalue weighted by Crippen LogP contribution is 1.89. The third kappa shape index (κ3) is 5.52. The molecule has 2 N–H and O–H groups in total. The molecule has 0 aromatic heterocycles. The molecule has 0 saturated carbocycles. The summed E-state index contributed by atoms with van der Waals surface area (Å²) in [5.74, 6) is 5.77. The number of hydrogen-bond donors (Lipinski definition) is 1. The van der Waals surface area contributed by atoms with E-state index in [2.05, 4.69) is 11.8 Å². The molecular weight excluding hydrogens is 98.1 g/mol. The van der Waals surface area contributed by atoms with E-state index in [1.54, 1.807) is 0 Å². The predicted octanol–water partition coefficient (Wildman–Crippen LogP) is 1.14. The summed E-state index contributed by atoms with van der Waals surface area (Å²) in [5, 5.41) is 0. The van der Waals surface area contributed by atoms with Crippen LogP contribution in [0.4, 0.5) is 0 Å². The Balaban J connectivity index is 3.01. The molecule has 1 atom stereocenters. The van der Waals surface area contributed by atoms with Crippen molar-refractivity contribution in [1.29, 1.82) is 0 Å². The minimum atomic E-state index is 0.302. The lowest BCUT2D eigenvalue weighted by Crippen LogP contribution is -2.13. The van der Waals surface area contributed by atoms with Crippen LogP contribution in [0.2, 0.25) is 0 Å². The van der Waals surface area contributed by atoms with Gasteiger partial charge in [-0.3, -0.25) is 0 Å². The van der Waals surface area contributed by atoms with Crippen LogP contribution in [0.25, 0.3) is 0 Å². The van der Waals surface area contributed by atoms with Crippen LogP contribution < -0.4 is 5.73 Å². The van der Waals surface area contributed by atoms with Gasteiger partial charge in [0.1, 0.15) is 0 Å². The molecule has 0 aromatic carbocycles. The molecule has 0 aromatic rings. The molecule has 0 fully saturated rings. The lowest BCUT2D eigenvalue weighted by atomic mass is 10.2. The second-order valence-corrected chi connectivity index (χ2v) is 1.94. The zero-order valence-electron chi connectivity index (χ0n) is 5.57. The number of hydrogen-bond acceptors (Lipinski definition) is 1. The van der Waals surface area contributed by atoms with Gasteiger partial charge in [-0.25, -0.2) is 0 Å². The second kappa shape index (κ2) is 4.67. The molecule has 0 radical (unpaired) electrons. The van der Waals surface area contributed by atoms with E-state index in [4.69, 9.17) is 5.73 Å². The van der Waals surface area contributed by atoms with Gasteiger partial charge in [0.2, 0.25) is 0 Å². The van der Waals surface area contributed by atoms with Crippen LogP contribution in [-0.4, -0.2) is 6.04 Å². The van der Waals surface area contributed by atoms with Crippen LogP contribution in [0.3, 0.4) is 0 Å². The standard InChI is InChI=1S/C7H13N/c1-3-4-5-6-7(2)8/h7H,5-6,8H2,1-2H3. The molecule has 0 amide bonds. The van der Waals surface area contributed by atoms with Crippen molar-refractivity contribution in [2.45, 2.75) is 32.7 Å². The summed E-state index contributed by atoms with van der Waals surface area (Å²) in [4.78, 5) is 0. The first-order chi connectivity index (χ1) is 3.77. The van der Waals surface area contributed by atoms with Crippen molar-refractivity contribution in [2.24, 2.45) is 5.73 Å². The van der Waals surface area contributed by atoms with Crippen molar-refractivity contribution < 1.29 is 0 Å². The minimum absolute atomic E-state index is 0.302. The normalized spacial score (nSPS) is 11.9. The second-order valence-electron chi connectivity index (χ2n) is 1.94. The molecule has 1 nitrogen and oxygen atoms in total. The summed E-state index contributed by atoms with van der Waals surface area (Å²) < 4.78 is 0. The minimum Gasteiger partial charge on any atom is -0.328 e. The summed E-state index contributed by atoms with van der Waals surface area (Å²) in [6.07, 6.45) is 1.95. The summed E-state index contributed by atoms with van der Waals surface area (Å²) >= 11 is 0. The van der Waals surface area contributed by atoms with Crippen LogP contribution >= 0.6 is 0 Å². The monoisotopic (exact) mass is 111 g/mol. The Hall–Kier alpha value is -0.480. The van der Waals surface area contributed by atoms with Crippen molar-refractivity contribution in [3.8, 4) is 11.8 Å². The fraction of sp³-hybridized carbons (Fsp3) is 0.714. The molecule has 8 heavy (non-hydrogen) atoms. The Morgan fingerprint density at radius 3 is 2.62 bits per heavy atom. The lowest BCUT2D eigenvalue weighted by Gasteiger charge is -1.96. The summed E-state index contributed by atoms with van der Waals surface area (Å²) in [6.45, 7) is 3.85. The van der Waals surface area contributed by atoms with Gasteiger partial charge in [0, 0.05) is 12.5 Å². The highest BCUT2D eigenvalue weighted by molar-refractivity contribution is 4.94. The topological polar surface area (TPSA) is 26.0 Å². The van der Waals surface area contributed by atoms with Gasteiger partial charge >= 0.3 is 0 Å². The maximum absolute atomic E-state index is 5.47. The van der Waals surface area contributed by atoms with Gasteiger partial charge in [0.15, 0.2) is 0 Å². The average molecular weight is 111 g/mol. The molecule has 0 saturated heterocycles. The molecule has 0 rings (SSSR count). The average Bonchev–Trinajstić information content (AvgIpc) is 1.66. The van der Waals surface area contributed by atoms with E-state index in [1.807, 2.05) is 13.8 Å². The molecule has 0 aliphatic heterocycles. The zero-order chi connectivity index (χ0) is 6.41. The molecule has 1 heteroatoms. The molecular formula is C7H13N. The molecule has 1 unspecified atom stereocenters. The van der Waals surface area contributed by atoms with Crippen molar-refractivity contribution >= 4 is 0 Å². The third-order valence-electron chi connectivity index (χ3n) is 0.901. The predicted molar refractivity (Wildman–Crippen MR) is 36.3 cm³/mol. The number of rotatable bonds is 2. The largest absolute Gasteiger partial charge is 0.328 e. The molecule has 0 heterocycles. The Morgan fingerprint density at radius 2 is 2.25 bits per heavy atom. The summed E-state index contributed by atoms with van der Waals surface area (Å²) in [6, 6.07) is 0.302. The van der Waals surface area contributed by atoms with Gasteiger partial charge in [0.25, 0.3) is 0 Å². The maximum atomic E-state index is 5.47. The van der Waals surface area contributed by atoms with Crippen molar-refractivity contribution in [3.05, 3.63) is 0 Å². The van der Waals surface area contributed by atoms with Crippen molar-refractivity contribution in [3.63, 3.8) is 0 Å². The van der Waals surface area contributed by atoms with E-state index in [9.17, 15) is 0 Å². The van der Waals surface area contributed by atoms with Crippen LogP contribution in [0.1, 0.15) is 26.7 Å². The van der Waals surface area contributed by atoms with Crippen LogP contribution in [0.15, 0.2) is 0 Å². The van der Waals surface area contributed by atoms with E-state index >= 15 is 0 Å². The highest BCUT2D eigenvalue weighted by atomic mass is 14.6. The van der Waals surface area contributed by atoms with Gasteiger partial charge < -0.3 is 5.73 Å². The molecule has 0 bridgehead atoms. The van der Waals surface area contributed by atoms with Gasteiger partial charge in [-0.05, 0) is 20.3 Å². The third-order valence-corrected chi connectivity index (χ3v) is 0.901.